The number of nitrogens with one attached hydrogen (secondary N) is 1. The Bertz CT molecular complexity index is 1500. The highest BCUT2D eigenvalue weighted by Crippen LogP contribution is 2.32. The number of unbranched alkanes of at least 4 members (excludes halogenated alkanes) is 1. The molecule has 4 aromatic heterocycles. The van der Waals surface area contributed by atoms with Crippen LogP contribution >= 0.6 is 0 Å². The van der Waals surface area contributed by atoms with Crippen molar-refractivity contribution < 1.29 is 0 Å². The zero-order valence-electron chi connectivity index (χ0n) is 20.4. The van der Waals surface area contributed by atoms with Crippen molar-refractivity contribution in [2.45, 2.75) is 52.6 Å². The number of hydrogen-bond acceptors (Lipinski definition) is 7. The summed E-state index contributed by atoms with van der Waals surface area (Å²) in [6.45, 7) is 5.31. The van der Waals surface area contributed by atoms with E-state index in [1.807, 2.05) is 42.7 Å². The molecule has 0 bridgehead atoms. The van der Waals surface area contributed by atoms with Crippen LogP contribution in [0, 0.1) is 0 Å². The second kappa shape index (κ2) is 10.5. The monoisotopic (exact) mass is 484 g/mol. The lowest BCUT2D eigenvalue weighted by atomic mass is 9.96. The van der Waals surface area contributed by atoms with E-state index in [0.29, 0.717) is 24.9 Å². The summed E-state index contributed by atoms with van der Waals surface area (Å²) in [4.78, 5) is 22.5. The van der Waals surface area contributed by atoms with Crippen LogP contribution in [0.1, 0.15) is 44.4 Å². The fourth-order valence-corrected chi connectivity index (χ4v) is 4.38. The molecule has 5 rings (SSSR count). The Morgan fingerprint density at radius 2 is 1.89 bits per heavy atom. The van der Waals surface area contributed by atoms with Crippen LogP contribution in [0.15, 0.2) is 60.0 Å². The minimum absolute atomic E-state index is 0.148. The minimum atomic E-state index is -0.148. The van der Waals surface area contributed by atoms with E-state index in [-0.39, 0.29) is 5.69 Å². The highest BCUT2D eigenvalue weighted by Gasteiger charge is 2.19. The van der Waals surface area contributed by atoms with Crippen LogP contribution in [0.5, 0.6) is 0 Å². The Morgan fingerprint density at radius 1 is 1.03 bits per heavy atom. The molecule has 0 saturated carbocycles. The highest BCUT2D eigenvalue weighted by atomic mass is 16.2. The van der Waals surface area contributed by atoms with Crippen molar-refractivity contribution in [3.63, 3.8) is 0 Å². The van der Waals surface area contributed by atoms with Crippen LogP contribution in [-0.4, -0.2) is 49.5 Å². The van der Waals surface area contributed by atoms with Gasteiger partial charge in [0.05, 0.1) is 6.54 Å². The Labute approximate surface area is 207 Å². The summed E-state index contributed by atoms with van der Waals surface area (Å²) in [5, 5.41) is 18.9. The Kier molecular flexibility index (Phi) is 6.78. The Balaban J connectivity index is 1.58. The summed E-state index contributed by atoms with van der Waals surface area (Å²) in [5.74, 6) is 1.05. The van der Waals surface area contributed by atoms with E-state index in [4.69, 9.17) is 0 Å². The molecule has 5 aromatic rings. The van der Waals surface area contributed by atoms with Crippen molar-refractivity contribution in [1.29, 1.82) is 0 Å². The number of benzene rings is 1. The first-order chi connectivity index (χ1) is 17.7. The Hall–Kier alpha value is -4.41. The van der Waals surface area contributed by atoms with Crippen LogP contribution in [0.4, 0.5) is 0 Å². The molecule has 0 spiro atoms. The van der Waals surface area contributed by atoms with Gasteiger partial charge in [0.2, 0.25) is 11.8 Å². The molecule has 184 valence electrons. The first-order valence-corrected chi connectivity index (χ1v) is 12.2. The average molecular weight is 485 g/mol. The molecule has 4 heterocycles. The summed E-state index contributed by atoms with van der Waals surface area (Å²) in [6, 6.07) is 9.84. The topological polar surface area (TPSA) is 125 Å². The third-order valence-corrected chi connectivity index (χ3v) is 6.14. The molecule has 0 aliphatic carbocycles. The predicted molar refractivity (Wildman–Crippen MR) is 134 cm³/mol. The van der Waals surface area contributed by atoms with E-state index in [2.05, 4.69) is 49.5 Å². The number of nitrogens with zero attached hydrogens (tertiary/aromatic N) is 9. The van der Waals surface area contributed by atoms with Gasteiger partial charge in [0.25, 0.3) is 0 Å². The van der Waals surface area contributed by atoms with Crippen molar-refractivity contribution in [3.05, 3.63) is 77.0 Å². The van der Waals surface area contributed by atoms with Crippen molar-refractivity contribution in [1.82, 2.24) is 49.5 Å². The quantitative estimate of drug-likeness (QED) is 0.322. The molecule has 11 heteroatoms. The molecule has 1 N–H and O–H groups in total. The van der Waals surface area contributed by atoms with Crippen LogP contribution in [-0.2, 0) is 19.5 Å². The van der Waals surface area contributed by atoms with Gasteiger partial charge in [0, 0.05) is 36.4 Å². The molecule has 0 amide bonds. The number of tetrazole rings is 1. The van der Waals surface area contributed by atoms with Crippen LogP contribution < -0.4 is 5.69 Å². The van der Waals surface area contributed by atoms with E-state index in [0.717, 1.165) is 53.6 Å². The second-order valence-corrected chi connectivity index (χ2v) is 8.56. The molecule has 0 aliphatic rings. The summed E-state index contributed by atoms with van der Waals surface area (Å²) in [6.07, 6.45) is 10.6. The standard InChI is InChI=1S/C25H28N10O/c1-3-5-13-35-24(27-17-28-35)34-16-19(8-4-2)33(25(34)36)15-18-14-26-12-11-20(18)21-9-6-7-10-22(21)23-29-31-32-30-23/h6-7,9-12,14,16-17H,3-5,8,13,15H2,1-2H3,(H,29,30,31,32). The van der Waals surface area contributed by atoms with Gasteiger partial charge in [-0.2, -0.15) is 15.3 Å². The van der Waals surface area contributed by atoms with Crippen LogP contribution in [0.3, 0.4) is 0 Å². The van der Waals surface area contributed by atoms with Crippen molar-refractivity contribution in [2.24, 2.45) is 0 Å². The third kappa shape index (κ3) is 4.47. The first kappa shape index (κ1) is 23.3. The van der Waals surface area contributed by atoms with Gasteiger partial charge < -0.3 is 0 Å². The lowest BCUT2D eigenvalue weighted by Gasteiger charge is -2.13. The van der Waals surface area contributed by atoms with Crippen molar-refractivity contribution in [2.75, 3.05) is 0 Å². The number of imidazole rings is 1. The summed E-state index contributed by atoms with van der Waals surface area (Å²) in [5.41, 5.74) is 4.46. The predicted octanol–water partition coefficient (Wildman–Crippen LogP) is 3.27. The molecule has 11 nitrogen and oxygen atoms in total. The average Bonchev–Trinajstić information content (AvgIpc) is 3.66. The normalized spacial score (nSPS) is 11.3. The minimum Gasteiger partial charge on any atom is -0.291 e. The van der Waals surface area contributed by atoms with E-state index in [1.165, 1.54) is 6.33 Å². The Morgan fingerprint density at radius 3 is 2.67 bits per heavy atom. The highest BCUT2D eigenvalue weighted by molar-refractivity contribution is 5.81. The molecule has 0 saturated heterocycles. The number of hydrogen-bond donors (Lipinski definition) is 1. The SMILES string of the molecule is CCCCn1ncnc1-n1cc(CCC)n(Cc2cnccc2-c2ccccc2-c2nn[nH]n2)c1=O. The van der Waals surface area contributed by atoms with E-state index in [9.17, 15) is 4.79 Å². The molecule has 1 aromatic carbocycles. The molecular weight excluding hydrogens is 456 g/mol. The van der Waals surface area contributed by atoms with Gasteiger partial charge >= 0.3 is 5.69 Å². The summed E-state index contributed by atoms with van der Waals surface area (Å²) >= 11 is 0. The molecule has 0 fully saturated rings. The van der Waals surface area contributed by atoms with E-state index < -0.39 is 0 Å². The molecule has 0 atom stereocenters. The van der Waals surface area contributed by atoms with Gasteiger partial charge in [-0.05, 0) is 40.8 Å². The van der Waals surface area contributed by atoms with Gasteiger partial charge in [-0.1, -0.05) is 51.0 Å². The second-order valence-electron chi connectivity index (χ2n) is 8.56. The fourth-order valence-electron chi connectivity index (χ4n) is 4.38. The summed E-state index contributed by atoms with van der Waals surface area (Å²) < 4.78 is 5.21. The number of aryl methyl sites for hydroxylation is 2. The molecular formula is C25H28N10O. The fraction of sp³-hybridized carbons (Fsp3) is 0.320. The lowest BCUT2D eigenvalue weighted by Crippen LogP contribution is -2.27. The zero-order chi connectivity index (χ0) is 24.9. The first-order valence-electron chi connectivity index (χ1n) is 12.2. The van der Waals surface area contributed by atoms with Crippen molar-refractivity contribution in [3.8, 4) is 28.5 Å². The van der Waals surface area contributed by atoms with Crippen LogP contribution in [0.2, 0.25) is 0 Å². The third-order valence-electron chi connectivity index (χ3n) is 6.14. The van der Waals surface area contributed by atoms with E-state index >= 15 is 0 Å². The van der Waals surface area contributed by atoms with Crippen LogP contribution in [0.25, 0.3) is 28.5 Å². The van der Waals surface area contributed by atoms with Gasteiger partial charge in [-0.3, -0.25) is 9.55 Å². The maximum atomic E-state index is 13.7. The largest absolute Gasteiger partial charge is 0.335 e. The van der Waals surface area contributed by atoms with Gasteiger partial charge in [-0.25, -0.2) is 14.0 Å². The molecule has 0 aliphatic heterocycles. The lowest BCUT2D eigenvalue weighted by molar-refractivity contribution is 0.553. The number of H-pyrrole nitrogens is 1. The van der Waals surface area contributed by atoms with Gasteiger partial charge in [0.15, 0.2) is 0 Å². The van der Waals surface area contributed by atoms with E-state index in [1.54, 1.807) is 20.0 Å². The number of aromatic amines is 1. The number of pyridine rings is 1. The maximum Gasteiger partial charge on any atom is 0.335 e. The molecule has 36 heavy (non-hydrogen) atoms. The maximum absolute atomic E-state index is 13.7. The van der Waals surface area contributed by atoms with Gasteiger partial charge in [0.1, 0.15) is 6.33 Å². The van der Waals surface area contributed by atoms with Gasteiger partial charge in [-0.15, -0.1) is 10.2 Å². The number of aromatic nitrogens is 10. The zero-order valence-corrected chi connectivity index (χ0v) is 20.4. The number of rotatable bonds is 10. The molecule has 0 radical (unpaired) electrons. The summed E-state index contributed by atoms with van der Waals surface area (Å²) in [7, 11) is 0. The smallest absolute Gasteiger partial charge is 0.291 e. The molecule has 0 unspecified atom stereocenters. The van der Waals surface area contributed by atoms with Crippen molar-refractivity contribution >= 4 is 0 Å².